The lowest BCUT2D eigenvalue weighted by atomic mass is 10.1. The number of aromatic nitrogens is 3. The van der Waals surface area contributed by atoms with Crippen LogP contribution in [0.1, 0.15) is 21.8 Å². The van der Waals surface area contributed by atoms with Crippen LogP contribution >= 0.6 is 0 Å². The van der Waals surface area contributed by atoms with Crippen molar-refractivity contribution in [2.75, 3.05) is 38.2 Å². The van der Waals surface area contributed by atoms with E-state index in [1.807, 2.05) is 42.2 Å². The van der Waals surface area contributed by atoms with Crippen LogP contribution in [0.2, 0.25) is 0 Å². The lowest BCUT2D eigenvalue weighted by molar-refractivity contribution is 0.0746. The molecule has 1 saturated heterocycles. The molecule has 0 N–H and O–H groups in total. The molecule has 0 unspecified atom stereocenters. The van der Waals surface area contributed by atoms with Gasteiger partial charge in [-0.2, -0.15) is 0 Å². The Morgan fingerprint density at radius 1 is 1.10 bits per heavy atom. The van der Waals surface area contributed by atoms with Gasteiger partial charge in [0.2, 0.25) is 5.89 Å². The number of rotatable bonds is 4. The van der Waals surface area contributed by atoms with E-state index < -0.39 is 0 Å². The average molecular weight is 393 g/mol. The van der Waals surface area contributed by atoms with Gasteiger partial charge in [0.25, 0.3) is 11.8 Å². The summed E-state index contributed by atoms with van der Waals surface area (Å²) < 4.78 is 10.8. The smallest absolute Gasteiger partial charge is 0.254 e. The van der Waals surface area contributed by atoms with Crippen molar-refractivity contribution in [3.63, 3.8) is 0 Å². The first-order chi connectivity index (χ1) is 14.1. The van der Waals surface area contributed by atoms with Crippen LogP contribution in [0.25, 0.3) is 11.5 Å². The summed E-state index contributed by atoms with van der Waals surface area (Å²) in [7, 11) is 1.62. The minimum absolute atomic E-state index is 0.0403. The second-order valence-corrected chi connectivity index (χ2v) is 6.96. The van der Waals surface area contributed by atoms with Crippen LogP contribution in [0.4, 0.5) is 5.82 Å². The van der Waals surface area contributed by atoms with Gasteiger partial charge in [0.15, 0.2) is 0 Å². The Labute approximate surface area is 169 Å². The van der Waals surface area contributed by atoms with Crippen LogP contribution < -0.4 is 9.64 Å². The molecule has 8 nitrogen and oxygen atoms in total. The molecule has 150 valence electrons. The lowest BCUT2D eigenvalue weighted by Crippen LogP contribution is -2.49. The first-order valence-corrected chi connectivity index (χ1v) is 9.51. The summed E-state index contributed by atoms with van der Waals surface area (Å²) >= 11 is 0. The molecule has 1 aliphatic heterocycles. The average Bonchev–Trinajstić information content (AvgIpc) is 3.19. The number of carbonyl (C=O) groups excluding carboxylic acids is 1. The van der Waals surface area contributed by atoms with Crippen LogP contribution in [0.3, 0.4) is 0 Å². The fraction of sp³-hybridized carbons (Fsp3) is 0.333. The Balaban J connectivity index is 1.49. The van der Waals surface area contributed by atoms with Gasteiger partial charge in [-0.25, -0.2) is 4.98 Å². The van der Waals surface area contributed by atoms with E-state index in [2.05, 4.69) is 20.1 Å². The number of anilines is 1. The maximum Gasteiger partial charge on any atom is 0.254 e. The number of nitrogens with zero attached hydrogens (tertiary/aromatic N) is 5. The van der Waals surface area contributed by atoms with Crippen LogP contribution in [-0.2, 0) is 0 Å². The summed E-state index contributed by atoms with van der Waals surface area (Å²) in [5, 5.41) is 8.03. The molecular weight excluding hydrogens is 370 g/mol. The Bertz CT molecular complexity index is 1020. The Kier molecular flexibility index (Phi) is 5.16. The van der Waals surface area contributed by atoms with Gasteiger partial charge in [-0.3, -0.25) is 4.79 Å². The summed E-state index contributed by atoms with van der Waals surface area (Å²) in [6.45, 7) is 6.28. The van der Waals surface area contributed by atoms with Crippen LogP contribution in [0, 0.1) is 13.8 Å². The highest BCUT2D eigenvalue weighted by molar-refractivity contribution is 5.96. The molecular formula is C21H23N5O3. The molecule has 3 aromatic rings. The molecule has 0 bridgehead atoms. The molecule has 0 aliphatic carbocycles. The first-order valence-electron chi connectivity index (χ1n) is 9.51. The molecule has 0 spiro atoms. The normalized spacial score (nSPS) is 14.2. The highest BCUT2D eigenvalue weighted by Crippen LogP contribution is 2.28. The molecule has 4 rings (SSSR count). The lowest BCUT2D eigenvalue weighted by Gasteiger charge is -2.36. The zero-order valence-corrected chi connectivity index (χ0v) is 16.8. The first kappa shape index (κ1) is 18.9. The third-order valence-corrected chi connectivity index (χ3v) is 5.07. The van der Waals surface area contributed by atoms with Gasteiger partial charge >= 0.3 is 0 Å². The molecule has 29 heavy (non-hydrogen) atoms. The summed E-state index contributed by atoms with van der Waals surface area (Å²) in [4.78, 5) is 21.5. The fourth-order valence-corrected chi connectivity index (χ4v) is 3.52. The summed E-state index contributed by atoms with van der Waals surface area (Å²) in [5.41, 5.74) is 2.42. The number of hydrogen-bond donors (Lipinski definition) is 0. The molecule has 1 fully saturated rings. The van der Waals surface area contributed by atoms with Gasteiger partial charge in [0.05, 0.1) is 12.7 Å². The van der Waals surface area contributed by atoms with E-state index in [1.54, 1.807) is 20.2 Å². The monoisotopic (exact) mass is 393 g/mol. The topological polar surface area (TPSA) is 84.6 Å². The van der Waals surface area contributed by atoms with E-state index in [0.717, 1.165) is 22.7 Å². The van der Waals surface area contributed by atoms with E-state index in [-0.39, 0.29) is 5.91 Å². The molecule has 0 atom stereocenters. The number of amides is 1. The quantitative estimate of drug-likeness (QED) is 0.674. The highest BCUT2D eigenvalue weighted by Gasteiger charge is 2.26. The number of piperazine rings is 1. The minimum atomic E-state index is 0.0403. The number of pyridine rings is 1. The van der Waals surface area contributed by atoms with Gasteiger partial charge in [-0.15, -0.1) is 10.2 Å². The fourth-order valence-electron chi connectivity index (χ4n) is 3.52. The molecule has 2 aromatic heterocycles. The second kappa shape index (κ2) is 7.90. The van der Waals surface area contributed by atoms with Gasteiger partial charge in [0, 0.05) is 44.9 Å². The maximum absolute atomic E-state index is 13.0. The molecule has 1 aromatic carbocycles. The number of ether oxygens (including phenoxy) is 1. The largest absolute Gasteiger partial charge is 0.497 e. The number of carbonyl (C=O) groups is 1. The van der Waals surface area contributed by atoms with E-state index in [0.29, 0.717) is 43.5 Å². The Hall–Kier alpha value is -3.42. The highest BCUT2D eigenvalue weighted by atomic mass is 16.5. The second-order valence-electron chi connectivity index (χ2n) is 6.96. The molecule has 8 heteroatoms. The van der Waals surface area contributed by atoms with Crippen molar-refractivity contribution in [3.05, 3.63) is 53.5 Å². The van der Waals surface area contributed by atoms with Crippen molar-refractivity contribution in [1.29, 1.82) is 0 Å². The zero-order valence-electron chi connectivity index (χ0n) is 16.8. The van der Waals surface area contributed by atoms with Crippen molar-refractivity contribution >= 4 is 11.7 Å². The van der Waals surface area contributed by atoms with Crippen LogP contribution in [0.15, 0.2) is 40.9 Å². The van der Waals surface area contributed by atoms with E-state index in [9.17, 15) is 4.79 Å². The van der Waals surface area contributed by atoms with E-state index in [4.69, 9.17) is 9.15 Å². The van der Waals surface area contributed by atoms with Gasteiger partial charge < -0.3 is 19.0 Å². The molecule has 1 amide bonds. The van der Waals surface area contributed by atoms with Crippen molar-refractivity contribution in [2.24, 2.45) is 0 Å². The predicted molar refractivity (Wildman–Crippen MR) is 108 cm³/mol. The zero-order chi connectivity index (χ0) is 20.4. The van der Waals surface area contributed by atoms with Gasteiger partial charge in [-0.1, -0.05) is 0 Å². The van der Waals surface area contributed by atoms with Crippen LogP contribution in [0.5, 0.6) is 5.75 Å². The van der Waals surface area contributed by atoms with Crippen molar-refractivity contribution in [1.82, 2.24) is 20.1 Å². The number of hydrogen-bond acceptors (Lipinski definition) is 7. The molecule has 1 aliphatic rings. The molecule has 3 heterocycles. The number of benzene rings is 1. The third kappa shape index (κ3) is 3.78. The SMILES string of the molecule is COc1ccc(C(=O)N2CCN(c3ncccc3-c3nnc(C)o3)CC2)c(C)c1. The molecule has 0 saturated carbocycles. The minimum Gasteiger partial charge on any atom is -0.497 e. The van der Waals surface area contributed by atoms with E-state index >= 15 is 0 Å². The summed E-state index contributed by atoms with van der Waals surface area (Å²) in [5.74, 6) is 2.56. The Morgan fingerprint density at radius 2 is 1.90 bits per heavy atom. The van der Waals surface area contributed by atoms with Gasteiger partial charge in [0.1, 0.15) is 11.6 Å². The third-order valence-electron chi connectivity index (χ3n) is 5.07. The maximum atomic E-state index is 13.0. The molecule has 0 radical (unpaired) electrons. The van der Waals surface area contributed by atoms with E-state index in [1.165, 1.54) is 0 Å². The number of aryl methyl sites for hydroxylation is 2. The van der Waals surface area contributed by atoms with Crippen molar-refractivity contribution in [2.45, 2.75) is 13.8 Å². The Morgan fingerprint density at radius 3 is 2.55 bits per heavy atom. The number of methoxy groups -OCH3 is 1. The summed E-state index contributed by atoms with van der Waals surface area (Å²) in [6.07, 6.45) is 1.75. The van der Waals surface area contributed by atoms with Crippen LogP contribution in [-0.4, -0.2) is 59.3 Å². The van der Waals surface area contributed by atoms with Gasteiger partial charge in [-0.05, 0) is 42.8 Å². The standard InChI is InChI=1S/C21H23N5O3/c1-14-13-16(28-3)6-7-17(14)21(27)26-11-9-25(10-12-26)19-18(5-4-8-22-19)20-24-23-15(2)29-20/h4-8,13H,9-12H2,1-3H3. The van der Waals surface area contributed by atoms with Crippen molar-refractivity contribution in [3.8, 4) is 17.2 Å². The predicted octanol–water partition coefficient (Wildman–Crippen LogP) is 2.72. The summed E-state index contributed by atoms with van der Waals surface area (Å²) in [6, 6.07) is 9.31. The van der Waals surface area contributed by atoms with Crippen molar-refractivity contribution < 1.29 is 13.9 Å².